The molecule has 0 heterocycles. The molecular weight excluding hydrogens is 422 g/mol. The molecule has 3 aromatic rings. The quantitative estimate of drug-likeness (QED) is 0.460. The van der Waals surface area contributed by atoms with Crippen molar-refractivity contribution in [3.8, 4) is 16.9 Å². The summed E-state index contributed by atoms with van der Waals surface area (Å²) >= 11 is 6.16. The van der Waals surface area contributed by atoms with Crippen molar-refractivity contribution in [3.05, 3.63) is 82.6 Å². The van der Waals surface area contributed by atoms with E-state index in [0.717, 1.165) is 11.6 Å². The molecule has 3 rings (SSSR count). The molecule has 3 nitrogen and oxygen atoms in total. The van der Waals surface area contributed by atoms with Gasteiger partial charge in [-0.3, -0.25) is 4.79 Å². The second kappa shape index (κ2) is 8.75. The number of benzene rings is 3. The second-order valence-corrected chi connectivity index (χ2v) is 6.92. The summed E-state index contributed by atoms with van der Waals surface area (Å²) in [7, 11) is 0. The first kappa shape index (κ1) is 21.6. The highest BCUT2D eigenvalue weighted by atomic mass is 35.5. The standard InChI is InChI=1S/C22H16ClF4NO2/c1-13-9-17(18(23)11-20(13)28-21(29)22(25,26)27)16-8-7-15(10-19(16)24)30-12-14-5-3-2-4-6-14/h2-11H,12H2,1H3,(H,28,29). The van der Waals surface area contributed by atoms with Gasteiger partial charge in [-0.25, -0.2) is 4.39 Å². The SMILES string of the molecule is Cc1cc(-c2ccc(OCc3ccccc3)cc2F)c(Cl)cc1NC(=O)C(F)(F)F. The van der Waals surface area contributed by atoms with Gasteiger partial charge in [0.2, 0.25) is 0 Å². The number of aryl methyl sites for hydroxylation is 1. The minimum absolute atomic E-state index is 0.00470. The van der Waals surface area contributed by atoms with Crippen LogP contribution in [0.3, 0.4) is 0 Å². The van der Waals surface area contributed by atoms with Crippen molar-refractivity contribution in [1.82, 2.24) is 0 Å². The third-order valence-electron chi connectivity index (χ3n) is 4.30. The van der Waals surface area contributed by atoms with Gasteiger partial charge in [0, 0.05) is 22.9 Å². The van der Waals surface area contributed by atoms with E-state index in [2.05, 4.69) is 0 Å². The number of ether oxygens (including phenoxy) is 1. The molecular formula is C22H16ClF4NO2. The van der Waals surface area contributed by atoms with Gasteiger partial charge in [-0.2, -0.15) is 13.2 Å². The summed E-state index contributed by atoms with van der Waals surface area (Å²) in [6.07, 6.45) is -5.03. The number of alkyl halides is 3. The van der Waals surface area contributed by atoms with Gasteiger partial charge in [0.1, 0.15) is 18.2 Å². The molecule has 0 aromatic heterocycles. The highest BCUT2D eigenvalue weighted by Crippen LogP contribution is 2.36. The van der Waals surface area contributed by atoms with Gasteiger partial charge >= 0.3 is 12.1 Å². The third kappa shape index (κ3) is 5.10. The van der Waals surface area contributed by atoms with Gasteiger partial charge in [-0.05, 0) is 42.3 Å². The summed E-state index contributed by atoms with van der Waals surface area (Å²) in [5, 5.41) is 1.76. The fourth-order valence-electron chi connectivity index (χ4n) is 2.76. The Bertz CT molecular complexity index is 1070. The van der Waals surface area contributed by atoms with E-state index in [1.807, 2.05) is 30.3 Å². The maximum absolute atomic E-state index is 14.7. The van der Waals surface area contributed by atoms with Crippen LogP contribution in [0.2, 0.25) is 5.02 Å². The van der Waals surface area contributed by atoms with Crippen molar-refractivity contribution >= 4 is 23.2 Å². The van der Waals surface area contributed by atoms with Crippen molar-refractivity contribution in [2.75, 3.05) is 5.32 Å². The number of hydrogen-bond donors (Lipinski definition) is 1. The molecule has 1 N–H and O–H groups in total. The fraction of sp³-hybridized carbons (Fsp3) is 0.136. The first-order valence-corrected chi connectivity index (χ1v) is 9.18. The number of carbonyl (C=O) groups excluding carboxylic acids is 1. The van der Waals surface area contributed by atoms with E-state index in [9.17, 15) is 22.4 Å². The van der Waals surface area contributed by atoms with Crippen LogP contribution in [0.1, 0.15) is 11.1 Å². The van der Waals surface area contributed by atoms with Gasteiger partial charge in [-0.15, -0.1) is 0 Å². The molecule has 8 heteroatoms. The Hall–Kier alpha value is -3.06. The molecule has 0 spiro atoms. The summed E-state index contributed by atoms with van der Waals surface area (Å²) in [4.78, 5) is 11.2. The van der Waals surface area contributed by atoms with Crippen molar-refractivity contribution in [2.24, 2.45) is 0 Å². The Kier molecular flexibility index (Phi) is 6.31. The molecule has 30 heavy (non-hydrogen) atoms. The van der Waals surface area contributed by atoms with Crippen LogP contribution in [-0.4, -0.2) is 12.1 Å². The third-order valence-corrected chi connectivity index (χ3v) is 4.61. The lowest BCUT2D eigenvalue weighted by Crippen LogP contribution is -2.30. The van der Waals surface area contributed by atoms with E-state index < -0.39 is 17.9 Å². The highest BCUT2D eigenvalue weighted by molar-refractivity contribution is 6.33. The van der Waals surface area contributed by atoms with E-state index in [-0.39, 0.29) is 28.4 Å². The van der Waals surface area contributed by atoms with Crippen LogP contribution < -0.4 is 10.1 Å². The number of anilines is 1. The monoisotopic (exact) mass is 437 g/mol. The van der Waals surface area contributed by atoms with Crippen LogP contribution in [0.5, 0.6) is 5.75 Å². The zero-order valence-corrected chi connectivity index (χ0v) is 16.4. The number of hydrogen-bond acceptors (Lipinski definition) is 2. The number of carbonyl (C=O) groups is 1. The lowest BCUT2D eigenvalue weighted by atomic mass is 10.0. The van der Waals surface area contributed by atoms with Gasteiger partial charge in [-0.1, -0.05) is 41.9 Å². The summed E-state index contributed by atoms with van der Waals surface area (Å²) in [5.41, 5.74) is 1.57. The van der Waals surface area contributed by atoms with Crippen LogP contribution in [0.25, 0.3) is 11.1 Å². The van der Waals surface area contributed by atoms with Gasteiger partial charge < -0.3 is 10.1 Å². The summed E-state index contributed by atoms with van der Waals surface area (Å²) < 4.78 is 57.7. The molecule has 0 radical (unpaired) electrons. The molecule has 0 fully saturated rings. The smallest absolute Gasteiger partial charge is 0.471 e. The zero-order chi connectivity index (χ0) is 21.9. The normalized spacial score (nSPS) is 11.3. The Morgan fingerprint density at radius 2 is 1.73 bits per heavy atom. The number of rotatable bonds is 5. The largest absolute Gasteiger partial charge is 0.489 e. The van der Waals surface area contributed by atoms with E-state index in [0.29, 0.717) is 11.3 Å². The molecule has 0 aliphatic heterocycles. The molecule has 156 valence electrons. The minimum Gasteiger partial charge on any atom is -0.489 e. The molecule has 0 aliphatic carbocycles. The van der Waals surface area contributed by atoms with Crippen molar-refractivity contribution in [1.29, 1.82) is 0 Å². The number of amides is 1. The maximum atomic E-state index is 14.7. The number of nitrogens with one attached hydrogen (secondary N) is 1. The predicted octanol–water partition coefficient (Wildman–Crippen LogP) is 6.53. The molecule has 0 bridgehead atoms. The van der Waals surface area contributed by atoms with E-state index in [1.54, 1.807) is 11.4 Å². The second-order valence-electron chi connectivity index (χ2n) is 6.51. The lowest BCUT2D eigenvalue weighted by Gasteiger charge is -2.14. The summed E-state index contributed by atoms with van der Waals surface area (Å²) in [5.74, 6) is -2.39. The topological polar surface area (TPSA) is 38.3 Å². The van der Waals surface area contributed by atoms with Gasteiger partial charge in [0.05, 0.1) is 5.02 Å². The first-order valence-electron chi connectivity index (χ1n) is 8.80. The fourth-order valence-corrected chi connectivity index (χ4v) is 3.03. The first-order chi connectivity index (χ1) is 14.1. The van der Waals surface area contributed by atoms with Crippen molar-refractivity contribution < 1.29 is 27.1 Å². The Labute approximate surface area is 175 Å². The Balaban J connectivity index is 1.81. The Morgan fingerprint density at radius 1 is 1.03 bits per heavy atom. The van der Waals surface area contributed by atoms with Crippen LogP contribution >= 0.6 is 11.6 Å². The Morgan fingerprint density at radius 3 is 2.37 bits per heavy atom. The maximum Gasteiger partial charge on any atom is 0.471 e. The molecule has 0 saturated carbocycles. The summed E-state index contributed by atoms with van der Waals surface area (Å²) in [6.45, 7) is 1.76. The van der Waals surface area contributed by atoms with E-state index in [4.69, 9.17) is 16.3 Å². The lowest BCUT2D eigenvalue weighted by molar-refractivity contribution is -0.167. The van der Waals surface area contributed by atoms with Crippen LogP contribution in [0, 0.1) is 12.7 Å². The van der Waals surface area contributed by atoms with Crippen LogP contribution in [0.4, 0.5) is 23.2 Å². The highest BCUT2D eigenvalue weighted by Gasteiger charge is 2.39. The molecule has 0 saturated heterocycles. The van der Waals surface area contributed by atoms with Gasteiger partial charge in [0.25, 0.3) is 0 Å². The molecule has 1 amide bonds. The van der Waals surface area contributed by atoms with E-state index >= 15 is 0 Å². The molecule has 0 unspecified atom stereocenters. The molecule has 0 aliphatic rings. The van der Waals surface area contributed by atoms with Crippen LogP contribution in [0.15, 0.2) is 60.7 Å². The summed E-state index contributed by atoms with van der Waals surface area (Å²) in [6, 6.07) is 16.2. The average molecular weight is 438 g/mol. The predicted molar refractivity (Wildman–Crippen MR) is 107 cm³/mol. The van der Waals surface area contributed by atoms with Gasteiger partial charge in [0.15, 0.2) is 0 Å². The average Bonchev–Trinajstić information content (AvgIpc) is 2.69. The van der Waals surface area contributed by atoms with Crippen molar-refractivity contribution in [3.63, 3.8) is 0 Å². The zero-order valence-electron chi connectivity index (χ0n) is 15.7. The van der Waals surface area contributed by atoms with Crippen LogP contribution in [-0.2, 0) is 11.4 Å². The van der Waals surface area contributed by atoms with E-state index in [1.165, 1.54) is 25.1 Å². The molecule has 0 atom stereocenters. The minimum atomic E-state index is -5.03. The number of halogens is 5. The van der Waals surface area contributed by atoms with Crippen molar-refractivity contribution in [2.45, 2.75) is 19.7 Å². The molecule has 3 aromatic carbocycles.